The first-order valence-electron chi connectivity index (χ1n) is 8.91. The van der Waals surface area contributed by atoms with Crippen molar-refractivity contribution < 1.29 is 17.9 Å². The Morgan fingerprint density at radius 2 is 1.84 bits per heavy atom. The van der Waals surface area contributed by atoms with Gasteiger partial charge in [0.25, 0.3) is 0 Å². The molecule has 25 heavy (non-hydrogen) atoms. The van der Waals surface area contributed by atoms with Gasteiger partial charge in [-0.3, -0.25) is 4.79 Å². The molecule has 1 aliphatic heterocycles. The number of rotatable bonds is 7. The lowest BCUT2D eigenvalue weighted by molar-refractivity contribution is -0.126. The van der Waals surface area contributed by atoms with Crippen LogP contribution in [0.4, 0.5) is 0 Å². The molecule has 6 nitrogen and oxygen atoms in total. The zero-order valence-electron chi connectivity index (χ0n) is 15.2. The highest BCUT2D eigenvalue weighted by Gasteiger charge is 2.32. The van der Waals surface area contributed by atoms with Crippen LogP contribution < -0.4 is 10.1 Å². The van der Waals surface area contributed by atoms with Crippen LogP contribution in [0.15, 0.2) is 29.2 Å². The maximum atomic E-state index is 12.7. The van der Waals surface area contributed by atoms with Crippen LogP contribution in [0.2, 0.25) is 0 Å². The highest BCUT2D eigenvalue weighted by Crippen LogP contribution is 2.25. The minimum Gasteiger partial charge on any atom is -0.494 e. The molecule has 1 amide bonds. The van der Waals surface area contributed by atoms with E-state index in [0.717, 1.165) is 6.42 Å². The molecule has 1 aromatic rings. The molecule has 1 saturated heterocycles. The highest BCUT2D eigenvalue weighted by molar-refractivity contribution is 7.89. The van der Waals surface area contributed by atoms with Gasteiger partial charge in [0, 0.05) is 25.0 Å². The third-order valence-corrected chi connectivity index (χ3v) is 6.51. The number of carbonyl (C=O) groups excluding carboxylic acids is 1. The minimum atomic E-state index is -3.52. The standard InChI is InChI=1S/C18H28N2O4S/c1-4-14(3)19-18(21)15-10-12-20(13-11-15)25(22,23)17-8-6-16(7-9-17)24-5-2/h6-9,14-15H,4-5,10-13H2,1-3H3,(H,19,21). The van der Waals surface area contributed by atoms with Gasteiger partial charge in [-0.25, -0.2) is 8.42 Å². The first-order valence-corrected chi connectivity index (χ1v) is 10.4. The zero-order chi connectivity index (χ0) is 18.4. The van der Waals surface area contributed by atoms with Gasteiger partial charge in [0.2, 0.25) is 15.9 Å². The van der Waals surface area contributed by atoms with Gasteiger partial charge in [0.15, 0.2) is 0 Å². The fraction of sp³-hybridized carbons (Fsp3) is 0.611. The van der Waals surface area contributed by atoms with Crippen LogP contribution in [-0.2, 0) is 14.8 Å². The predicted octanol–water partition coefficient (Wildman–Crippen LogP) is 2.40. The van der Waals surface area contributed by atoms with Crippen molar-refractivity contribution in [3.63, 3.8) is 0 Å². The predicted molar refractivity (Wildman–Crippen MR) is 97.0 cm³/mol. The molecule has 1 aliphatic rings. The second-order valence-electron chi connectivity index (χ2n) is 6.40. The van der Waals surface area contributed by atoms with Gasteiger partial charge in [-0.2, -0.15) is 4.31 Å². The Morgan fingerprint density at radius 1 is 1.24 bits per heavy atom. The molecule has 1 aromatic carbocycles. The smallest absolute Gasteiger partial charge is 0.243 e. The maximum Gasteiger partial charge on any atom is 0.243 e. The number of hydrogen-bond acceptors (Lipinski definition) is 4. The first-order chi connectivity index (χ1) is 11.9. The molecule has 0 bridgehead atoms. The summed E-state index contributed by atoms with van der Waals surface area (Å²) in [5.41, 5.74) is 0. The maximum absolute atomic E-state index is 12.7. The van der Waals surface area contributed by atoms with Gasteiger partial charge in [-0.1, -0.05) is 6.92 Å². The van der Waals surface area contributed by atoms with Crippen molar-refractivity contribution in [1.82, 2.24) is 9.62 Å². The number of ether oxygens (including phenoxy) is 1. The summed E-state index contributed by atoms with van der Waals surface area (Å²) in [4.78, 5) is 12.5. The molecule has 0 aliphatic carbocycles. The van der Waals surface area contributed by atoms with Gasteiger partial charge >= 0.3 is 0 Å². The van der Waals surface area contributed by atoms with E-state index in [1.165, 1.54) is 4.31 Å². The normalized spacial score (nSPS) is 17.9. The van der Waals surface area contributed by atoms with Crippen LogP contribution in [0.5, 0.6) is 5.75 Å². The molecule has 1 atom stereocenters. The second-order valence-corrected chi connectivity index (χ2v) is 8.34. The van der Waals surface area contributed by atoms with Crippen molar-refractivity contribution in [1.29, 1.82) is 0 Å². The lowest BCUT2D eigenvalue weighted by atomic mass is 9.97. The van der Waals surface area contributed by atoms with Crippen molar-refractivity contribution >= 4 is 15.9 Å². The first kappa shape index (κ1) is 19.7. The second kappa shape index (κ2) is 8.67. The molecule has 0 spiro atoms. The fourth-order valence-corrected chi connectivity index (χ4v) is 4.31. The lowest BCUT2D eigenvalue weighted by Crippen LogP contribution is -2.44. The number of sulfonamides is 1. The number of hydrogen-bond donors (Lipinski definition) is 1. The molecular formula is C18H28N2O4S. The summed E-state index contributed by atoms with van der Waals surface area (Å²) in [6.45, 7) is 7.16. The summed E-state index contributed by atoms with van der Waals surface area (Å²) in [5, 5.41) is 2.98. The fourth-order valence-electron chi connectivity index (χ4n) is 2.84. The third kappa shape index (κ3) is 4.95. The minimum absolute atomic E-state index is 0.0347. The SMILES string of the molecule is CCOc1ccc(S(=O)(=O)N2CCC(C(=O)NC(C)CC)CC2)cc1. The van der Waals surface area contributed by atoms with Gasteiger partial charge in [0.1, 0.15) is 5.75 Å². The molecule has 0 aromatic heterocycles. The van der Waals surface area contributed by atoms with E-state index >= 15 is 0 Å². The van der Waals surface area contributed by atoms with Crippen LogP contribution in [-0.4, -0.2) is 44.4 Å². The van der Waals surface area contributed by atoms with E-state index in [4.69, 9.17) is 4.74 Å². The summed E-state index contributed by atoms with van der Waals surface area (Å²) in [6, 6.07) is 6.63. The summed E-state index contributed by atoms with van der Waals surface area (Å²) in [6.07, 6.45) is 1.99. The summed E-state index contributed by atoms with van der Waals surface area (Å²) >= 11 is 0. The number of piperidine rings is 1. The molecule has 0 saturated carbocycles. The van der Waals surface area contributed by atoms with E-state index < -0.39 is 10.0 Å². The van der Waals surface area contributed by atoms with E-state index in [1.807, 2.05) is 20.8 Å². The van der Waals surface area contributed by atoms with E-state index in [9.17, 15) is 13.2 Å². The van der Waals surface area contributed by atoms with E-state index in [1.54, 1.807) is 24.3 Å². The van der Waals surface area contributed by atoms with E-state index in [0.29, 0.717) is 38.3 Å². The summed E-state index contributed by atoms with van der Waals surface area (Å²) in [5.74, 6) is 0.579. The Kier molecular flexibility index (Phi) is 6.84. The molecule has 140 valence electrons. The molecule has 7 heteroatoms. The van der Waals surface area contributed by atoms with Crippen LogP contribution in [0, 0.1) is 5.92 Å². The monoisotopic (exact) mass is 368 g/mol. The van der Waals surface area contributed by atoms with Gasteiger partial charge in [0.05, 0.1) is 11.5 Å². The number of benzene rings is 1. The number of amides is 1. The Hall–Kier alpha value is -1.60. The lowest BCUT2D eigenvalue weighted by Gasteiger charge is -2.31. The average molecular weight is 368 g/mol. The number of nitrogens with one attached hydrogen (secondary N) is 1. The topological polar surface area (TPSA) is 75.7 Å². The molecule has 2 rings (SSSR count). The van der Waals surface area contributed by atoms with Crippen LogP contribution in [0.1, 0.15) is 40.0 Å². The van der Waals surface area contributed by atoms with Crippen molar-refractivity contribution in [3.8, 4) is 5.75 Å². The highest BCUT2D eigenvalue weighted by atomic mass is 32.2. The van der Waals surface area contributed by atoms with Crippen LogP contribution >= 0.6 is 0 Å². The zero-order valence-corrected chi connectivity index (χ0v) is 16.0. The third-order valence-electron chi connectivity index (χ3n) is 4.60. The quantitative estimate of drug-likeness (QED) is 0.802. The van der Waals surface area contributed by atoms with E-state index in [2.05, 4.69) is 5.32 Å². The van der Waals surface area contributed by atoms with Crippen LogP contribution in [0.25, 0.3) is 0 Å². The molecule has 1 fully saturated rings. The Bertz CT molecular complexity index is 665. The van der Waals surface area contributed by atoms with Crippen molar-refractivity contribution in [2.45, 2.75) is 51.0 Å². The van der Waals surface area contributed by atoms with Gasteiger partial charge in [-0.15, -0.1) is 0 Å². The molecule has 1 heterocycles. The summed E-state index contributed by atoms with van der Waals surface area (Å²) in [7, 11) is -3.52. The summed E-state index contributed by atoms with van der Waals surface area (Å²) < 4.78 is 32.3. The van der Waals surface area contributed by atoms with Crippen molar-refractivity contribution in [3.05, 3.63) is 24.3 Å². The van der Waals surface area contributed by atoms with Gasteiger partial charge in [-0.05, 0) is 57.4 Å². The number of carbonyl (C=O) groups is 1. The molecular weight excluding hydrogens is 340 g/mol. The molecule has 1 N–H and O–H groups in total. The number of nitrogens with zero attached hydrogens (tertiary/aromatic N) is 1. The average Bonchev–Trinajstić information content (AvgIpc) is 2.62. The Morgan fingerprint density at radius 3 is 2.36 bits per heavy atom. The van der Waals surface area contributed by atoms with Crippen LogP contribution in [0.3, 0.4) is 0 Å². The van der Waals surface area contributed by atoms with Gasteiger partial charge < -0.3 is 10.1 Å². The van der Waals surface area contributed by atoms with E-state index in [-0.39, 0.29) is 22.8 Å². The molecule has 0 radical (unpaired) electrons. The molecule has 1 unspecified atom stereocenters. The Balaban J connectivity index is 1.97. The largest absolute Gasteiger partial charge is 0.494 e. The Labute approximate surface area is 150 Å². The van der Waals surface area contributed by atoms with Crippen molar-refractivity contribution in [2.24, 2.45) is 5.92 Å². The van der Waals surface area contributed by atoms with Crippen molar-refractivity contribution in [2.75, 3.05) is 19.7 Å².